The second-order valence-electron chi connectivity index (χ2n) is 4.64. The second kappa shape index (κ2) is 5.26. The summed E-state index contributed by atoms with van der Waals surface area (Å²) in [4.78, 5) is 11.4. The molecule has 0 aliphatic heterocycles. The Bertz CT molecular complexity index is 530. The van der Waals surface area contributed by atoms with Crippen LogP contribution >= 0.6 is 0 Å². The van der Waals surface area contributed by atoms with Crippen LogP contribution in [0.25, 0.3) is 0 Å². The van der Waals surface area contributed by atoms with E-state index >= 15 is 0 Å². The molecule has 0 spiro atoms. The van der Waals surface area contributed by atoms with Crippen molar-refractivity contribution in [1.29, 1.82) is 0 Å². The predicted molar refractivity (Wildman–Crippen MR) is 58.8 cm³/mol. The zero-order valence-electron chi connectivity index (χ0n) is 10.1. The van der Waals surface area contributed by atoms with Gasteiger partial charge < -0.3 is 10.0 Å². The van der Waals surface area contributed by atoms with Gasteiger partial charge in [0.05, 0.1) is 0 Å². The Morgan fingerprint density at radius 2 is 1.45 bits per heavy atom. The first-order valence-corrected chi connectivity index (χ1v) is 5.81. The summed E-state index contributed by atoms with van der Waals surface area (Å²) >= 11 is 0. The molecule has 110 valence electrons. The fourth-order valence-corrected chi connectivity index (χ4v) is 1.88. The molecule has 0 aromatic heterocycles. The third-order valence-electron chi connectivity index (χ3n) is 3.00. The number of carboxylic acids is 1. The summed E-state index contributed by atoms with van der Waals surface area (Å²) in [6.07, 6.45) is 1.46. The molecule has 1 aromatic rings. The SMILES string of the molecule is O=C(O)CN(CC1CC1)c1c(F)c(F)c(F)c(F)c1F. The predicted octanol–water partition coefficient (Wildman–Crippen LogP) is 2.68. The Balaban J connectivity index is 2.48. The van der Waals surface area contributed by atoms with E-state index in [4.69, 9.17) is 5.11 Å². The standard InChI is InChI=1S/C12H10F5NO2/c13-7-8(14)10(16)12(11(17)9(7)15)18(4-6(19)20)3-5-1-2-5/h5H,1-4H2,(H,19,20). The van der Waals surface area contributed by atoms with Gasteiger partial charge in [0.25, 0.3) is 0 Å². The van der Waals surface area contributed by atoms with Crippen molar-refractivity contribution in [1.82, 2.24) is 0 Å². The summed E-state index contributed by atoms with van der Waals surface area (Å²) in [5.74, 6) is -11.9. The lowest BCUT2D eigenvalue weighted by atomic mass is 10.2. The summed E-state index contributed by atoms with van der Waals surface area (Å²) in [5, 5.41) is 8.71. The minimum atomic E-state index is -2.26. The first kappa shape index (κ1) is 14.5. The first-order chi connectivity index (χ1) is 9.32. The Kier molecular flexibility index (Phi) is 3.82. The summed E-state index contributed by atoms with van der Waals surface area (Å²) in [6.45, 7) is -0.903. The first-order valence-electron chi connectivity index (χ1n) is 5.81. The van der Waals surface area contributed by atoms with Gasteiger partial charge >= 0.3 is 5.97 Å². The monoisotopic (exact) mass is 295 g/mol. The van der Waals surface area contributed by atoms with Crippen LogP contribution in [0.1, 0.15) is 12.8 Å². The lowest BCUT2D eigenvalue weighted by Gasteiger charge is -2.24. The molecule has 0 bridgehead atoms. The Labute approximate surface area is 110 Å². The van der Waals surface area contributed by atoms with E-state index in [-0.39, 0.29) is 12.5 Å². The van der Waals surface area contributed by atoms with Gasteiger partial charge in [-0.1, -0.05) is 0 Å². The molecule has 1 aromatic carbocycles. The summed E-state index contributed by atoms with van der Waals surface area (Å²) < 4.78 is 66.4. The van der Waals surface area contributed by atoms with Gasteiger partial charge in [0.15, 0.2) is 23.3 Å². The zero-order valence-corrected chi connectivity index (χ0v) is 10.1. The highest BCUT2D eigenvalue weighted by Crippen LogP contribution is 2.35. The van der Waals surface area contributed by atoms with Crippen LogP contribution in [0.3, 0.4) is 0 Å². The molecule has 0 amide bonds. The van der Waals surface area contributed by atoms with Crippen LogP contribution in [0.15, 0.2) is 0 Å². The van der Waals surface area contributed by atoms with Gasteiger partial charge in [-0.15, -0.1) is 0 Å². The molecule has 8 heteroatoms. The molecule has 1 N–H and O–H groups in total. The molecular weight excluding hydrogens is 285 g/mol. The Morgan fingerprint density at radius 1 is 1.00 bits per heavy atom. The lowest BCUT2D eigenvalue weighted by Crippen LogP contribution is -2.34. The molecule has 1 saturated carbocycles. The summed E-state index contributed by atoms with van der Waals surface area (Å²) in [5.41, 5.74) is -1.18. The van der Waals surface area contributed by atoms with Gasteiger partial charge in [0.2, 0.25) is 5.82 Å². The molecule has 1 aliphatic rings. The fourth-order valence-electron chi connectivity index (χ4n) is 1.88. The molecule has 0 unspecified atom stereocenters. The maximum Gasteiger partial charge on any atom is 0.323 e. The molecule has 0 saturated heterocycles. The maximum absolute atomic E-state index is 13.6. The average molecular weight is 295 g/mol. The minimum absolute atomic E-state index is 0.00401. The van der Waals surface area contributed by atoms with Crippen LogP contribution in [-0.4, -0.2) is 24.2 Å². The number of carbonyl (C=O) groups is 1. The number of rotatable bonds is 5. The van der Waals surface area contributed by atoms with Crippen molar-refractivity contribution in [2.75, 3.05) is 18.0 Å². The third kappa shape index (κ3) is 2.68. The smallest absolute Gasteiger partial charge is 0.323 e. The van der Waals surface area contributed by atoms with Gasteiger partial charge in [-0.3, -0.25) is 4.79 Å². The largest absolute Gasteiger partial charge is 0.480 e. The van der Waals surface area contributed by atoms with Crippen molar-refractivity contribution in [3.63, 3.8) is 0 Å². The van der Waals surface area contributed by atoms with Gasteiger partial charge in [0, 0.05) is 6.54 Å². The number of benzene rings is 1. The molecule has 1 aliphatic carbocycles. The molecule has 3 nitrogen and oxygen atoms in total. The van der Waals surface area contributed by atoms with Crippen molar-refractivity contribution in [3.8, 4) is 0 Å². The van der Waals surface area contributed by atoms with E-state index in [9.17, 15) is 26.7 Å². The van der Waals surface area contributed by atoms with Gasteiger partial charge in [0.1, 0.15) is 12.2 Å². The topological polar surface area (TPSA) is 40.5 Å². The zero-order chi connectivity index (χ0) is 15.0. The number of carboxylic acid groups (broad SMARTS) is 1. The number of anilines is 1. The van der Waals surface area contributed by atoms with Crippen LogP contribution in [0.5, 0.6) is 0 Å². The van der Waals surface area contributed by atoms with Crippen LogP contribution in [0, 0.1) is 35.0 Å². The number of nitrogens with zero attached hydrogens (tertiary/aromatic N) is 1. The fraction of sp³-hybridized carbons (Fsp3) is 0.417. The number of halogens is 5. The van der Waals surface area contributed by atoms with E-state index in [1.54, 1.807) is 0 Å². The van der Waals surface area contributed by atoms with Crippen LogP contribution in [0.2, 0.25) is 0 Å². The van der Waals surface area contributed by atoms with E-state index in [1.807, 2.05) is 0 Å². The van der Waals surface area contributed by atoms with Gasteiger partial charge in [-0.2, -0.15) is 0 Å². The highest BCUT2D eigenvalue weighted by atomic mass is 19.2. The normalized spacial score (nSPS) is 14.4. The number of aliphatic carboxylic acids is 1. The highest BCUT2D eigenvalue weighted by Gasteiger charge is 2.33. The van der Waals surface area contributed by atoms with E-state index in [0.717, 1.165) is 12.8 Å². The van der Waals surface area contributed by atoms with Gasteiger partial charge in [-0.25, -0.2) is 22.0 Å². The third-order valence-corrected chi connectivity index (χ3v) is 3.00. The van der Waals surface area contributed by atoms with E-state index < -0.39 is 47.3 Å². The minimum Gasteiger partial charge on any atom is -0.480 e. The number of hydrogen-bond acceptors (Lipinski definition) is 2. The van der Waals surface area contributed by atoms with Crippen molar-refractivity contribution < 1.29 is 31.9 Å². The number of hydrogen-bond donors (Lipinski definition) is 1. The lowest BCUT2D eigenvalue weighted by molar-refractivity contribution is -0.135. The van der Waals surface area contributed by atoms with Gasteiger partial charge in [-0.05, 0) is 18.8 Å². The van der Waals surface area contributed by atoms with Crippen molar-refractivity contribution in [2.24, 2.45) is 5.92 Å². The van der Waals surface area contributed by atoms with E-state index in [1.165, 1.54) is 0 Å². The van der Waals surface area contributed by atoms with Crippen molar-refractivity contribution in [3.05, 3.63) is 29.1 Å². The second-order valence-corrected chi connectivity index (χ2v) is 4.64. The summed E-state index contributed by atoms with van der Waals surface area (Å²) in [7, 11) is 0. The molecule has 20 heavy (non-hydrogen) atoms. The van der Waals surface area contributed by atoms with E-state index in [0.29, 0.717) is 4.90 Å². The molecule has 1 fully saturated rings. The molecule has 2 rings (SSSR count). The highest BCUT2D eigenvalue weighted by molar-refractivity contribution is 5.74. The average Bonchev–Trinajstić information content (AvgIpc) is 3.17. The van der Waals surface area contributed by atoms with Crippen LogP contribution in [-0.2, 0) is 4.79 Å². The molecule has 0 radical (unpaired) electrons. The van der Waals surface area contributed by atoms with Crippen molar-refractivity contribution in [2.45, 2.75) is 12.8 Å². The quantitative estimate of drug-likeness (QED) is 0.516. The van der Waals surface area contributed by atoms with Crippen molar-refractivity contribution >= 4 is 11.7 Å². The molecular formula is C12H10F5NO2. The Hall–Kier alpha value is -1.86. The maximum atomic E-state index is 13.6. The van der Waals surface area contributed by atoms with Crippen LogP contribution in [0.4, 0.5) is 27.6 Å². The summed E-state index contributed by atoms with van der Waals surface area (Å²) in [6, 6.07) is 0. The molecule has 0 atom stereocenters. The van der Waals surface area contributed by atoms with E-state index in [2.05, 4.69) is 0 Å². The Morgan fingerprint density at radius 3 is 1.85 bits per heavy atom. The molecule has 0 heterocycles. The van der Waals surface area contributed by atoms with Crippen LogP contribution < -0.4 is 4.90 Å².